The highest BCUT2D eigenvalue weighted by Gasteiger charge is 2.13. The highest BCUT2D eigenvalue weighted by atomic mass is 16.5. The Morgan fingerprint density at radius 3 is 2.88 bits per heavy atom. The van der Waals surface area contributed by atoms with Gasteiger partial charge in [-0.05, 0) is 13.8 Å². The fraction of sp³-hybridized carbons (Fsp3) is 0.600. The molecule has 2 N–H and O–H groups in total. The smallest absolute Gasteiger partial charge is 0.306 e. The van der Waals surface area contributed by atoms with Crippen molar-refractivity contribution in [2.75, 3.05) is 6.61 Å². The Morgan fingerprint density at radius 1 is 1.53 bits per heavy atom. The zero-order valence-electron chi connectivity index (χ0n) is 9.90. The Kier molecular flexibility index (Phi) is 5.12. The van der Waals surface area contributed by atoms with Crippen molar-refractivity contribution in [2.45, 2.75) is 32.7 Å². The highest BCUT2D eigenvalue weighted by molar-refractivity contribution is 5.81. The van der Waals surface area contributed by atoms with E-state index >= 15 is 0 Å². The predicted molar refractivity (Wildman–Crippen MR) is 58.8 cm³/mol. The molecule has 0 aliphatic rings. The summed E-state index contributed by atoms with van der Waals surface area (Å²) in [5, 5.41) is 9.05. The Balaban J connectivity index is 2.28. The second-order valence-corrected chi connectivity index (χ2v) is 3.46. The molecule has 7 nitrogen and oxygen atoms in total. The number of aromatic nitrogens is 3. The van der Waals surface area contributed by atoms with E-state index < -0.39 is 0 Å². The molecule has 1 aromatic rings. The molecule has 1 aromatic heterocycles. The van der Waals surface area contributed by atoms with Gasteiger partial charge in [-0.25, -0.2) is 4.98 Å². The summed E-state index contributed by atoms with van der Waals surface area (Å²) in [4.78, 5) is 26.4. The quantitative estimate of drug-likeness (QED) is 0.698. The lowest BCUT2D eigenvalue weighted by atomic mass is 10.2. The van der Waals surface area contributed by atoms with Gasteiger partial charge < -0.3 is 10.1 Å². The van der Waals surface area contributed by atoms with Crippen LogP contribution in [0, 0.1) is 0 Å². The van der Waals surface area contributed by atoms with Crippen molar-refractivity contribution < 1.29 is 14.3 Å². The van der Waals surface area contributed by atoms with E-state index in [2.05, 4.69) is 20.5 Å². The number of hydrogen-bond acceptors (Lipinski definition) is 5. The molecule has 94 valence electrons. The van der Waals surface area contributed by atoms with Gasteiger partial charge in [0.05, 0.1) is 19.1 Å². The maximum Gasteiger partial charge on any atom is 0.306 e. The average molecular weight is 240 g/mol. The van der Waals surface area contributed by atoms with E-state index in [0.29, 0.717) is 12.4 Å². The van der Waals surface area contributed by atoms with Crippen LogP contribution in [0.2, 0.25) is 0 Å². The number of nitrogens with zero attached hydrogens (tertiary/aromatic N) is 2. The summed E-state index contributed by atoms with van der Waals surface area (Å²) in [5.41, 5.74) is 0. The van der Waals surface area contributed by atoms with Gasteiger partial charge in [0.2, 0.25) is 5.91 Å². The van der Waals surface area contributed by atoms with Crippen LogP contribution >= 0.6 is 0 Å². The second-order valence-electron chi connectivity index (χ2n) is 3.46. The molecule has 0 radical (unpaired) electrons. The molecule has 0 saturated heterocycles. The lowest BCUT2D eigenvalue weighted by Gasteiger charge is -2.10. The summed E-state index contributed by atoms with van der Waals surface area (Å²) < 4.78 is 4.72. The average Bonchev–Trinajstić information content (AvgIpc) is 2.80. The molecule has 1 amide bonds. The standard InChI is InChI=1S/C10H16N4O3/c1-3-17-9(16)5-4-8(15)13-7(2)10-11-6-12-14-10/h6-7H,3-5H2,1-2H3,(H,13,15)(H,11,12,14). The van der Waals surface area contributed by atoms with Crippen LogP contribution in [0.1, 0.15) is 38.6 Å². The molecule has 0 bridgehead atoms. The maximum atomic E-state index is 11.5. The van der Waals surface area contributed by atoms with Gasteiger partial charge in [0.25, 0.3) is 0 Å². The minimum atomic E-state index is -0.366. The van der Waals surface area contributed by atoms with Crippen LogP contribution in [0.5, 0.6) is 0 Å². The van der Waals surface area contributed by atoms with Crippen molar-refractivity contribution in [3.8, 4) is 0 Å². The van der Waals surface area contributed by atoms with E-state index in [4.69, 9.17) is 4.74 Å². The van der Waals surface area contributed by atoms with Crippen molar-refractivity contribution >= 4 is 11.9 Å². The van der Waals surface area contributed by atoms with E-state index in [9.17, 15) is 9.59 Å². The first-order valence-electron chi connectivity index (χ1n) is 5.43. The summed E-state index contributed by atoms with van der Waals surface area (Å²) in [6.45, 7) is 3.83. The molecule has 1 unspecified atom stereocenters. The van der Waals surface area contributed by atoms with Crippen LogP contribution in [-0.2, 0) is 14.3 Å². The fourth-order valence-electron chi connectivity index (χ4n) is 1.25. The first-order chi connectivity index (χ1) is 8.13. The van der Waals surface area contributed by atoms with Crippen molar-refractivity contribution in [3.05, 3.63) is 12.2 Å². The number of carbonyl (C=O) groups excluding carboxylic acids is 2. The van der Waals surface area contributed by atoms with Crippen molar-refractivity contribution in [2.24, 2.45) is 0 Å². The molecule has 0 saturated carbocycles. The SMILES string of the molecule is CCOC(=O)CCC(=O)NC(C)c1ncn[nH]1. The van der Waals surface area contributed by atoms with E-state index in [0.717, 1.165) is 0 Å². The van der Waals surface area contributed by atoms with Crippen molar-refractivity contribution in [3.63, 3.8) is 0 Å². The molecule has 1 heterocycles. The van der Waals surface area contributed by atoms with Crippen molar-refractivity contribution in [1.29, 1.82) is 0 Å². The lowest BCUT2D eigenvalue weighted by Crippen LogP contribution is -2.27. The summed E-state index contributed by atoms with van der Waals surface area (Å²) in [5.74, 6) is -0.00796. The first kappa shape index (κ1) is 13.1. The van der Waals surface area contributed by atoms with Gasteiger partial charge in [-0.1, -0.05) is 0 Å². The number of hydrogen-bond donors (Lipinski definition) is 2. The molecule has 0 fully saturated rings. The minimum absolute atomic E-state index is 0.0861. The van der Waals surface area contributed by atoms with E-state index in [1.54, 1.807) is 13.8 Å². The topological polar surface area (TPSA) is 97.0 Å². The third-order valence-electron chi connectivity index (χ3n) is 2.08. The van der Waals surface area contributed by atoms with E-state index in [1.165, 1.54) is 6.33 Å². The zero-order valence-corrected chi connectivity index (χ0v) is 9.90. The van der Waals surface area contributed by atoms with Crippen LogP contribution in [0.15, 0.2) is 6.33 Å². The largest absolute Gasteiger partial charge is 0.466 e. The van der Waals surface area contributed by atoms with E-state index in [-0.39, 0.29) is 30.8 Å². The number of rotatable bonds is 6. The molecular weight excluding hydrogens is 224 g/mol. The van der Waals surface area contributed by atoms with Gasteiger partial charge in [-0.3, -0.25) is 14.7 Å². The zero-order chi connectivity index (χ0) is 12.7. The van der Waals surface area contributed by atoms with Gasteiger partial charge in [-0.15, -0.1) is 0 Å². The van der Waals surface area contributed by atoms with E-state index in [1.807, 2.05) is 0 Å². The molecule has 0 aromatic carbocycles. The summed E-state index contributed by atoms with van der Waals surface area (Å²) in [6, 6.07) is -0.257. The number of aromatic amines is 1. The summed E-state index contributed by atoms with van der Waals surface area (Å²) in [6.07, 6.45) is 1.57. The maximum absolute atomic E-state index is 11.5. The number of esters is 1. The molecule has 7 heteroatoms. The number of amides is 1. The molecular formula is C10H16N4O3. The van der Waals surface area contributed by atoms with Gasteiger partial charge in [0, 0.05) is 6.42 Å². The molecule has 0 aliphatic heterocycles. The van der Waals surface area contributed by atoms with Crippen LogP contribution in [-0.4, -0.2) is 33.7 Å². The summed E-state index contributed by atoms with van der Waals surface area (Å²) >= 11 is 0. The molecule has 17 heavy (non-hydrogen) atoms. The van der Waals surface area contributed by atoms with Crippen LogP contribution in [0.25, 0.3) is 0 Å². The number of ether oxygens (including phenoxy) is 1. The normalized spacial score (nSPS) is 11.9. The second kappa shape index (κ2) is 6.62. The van der Waals surface area contributed by atoms with Crippen LogP contribution in [0.4, 0.5) is 0 Å². The van der Waals surface area contributed by atoms with Gasteiger partial charge in [0.15, 0.2) is 0 Å². The van der Waals surface area contributed by atoms with Crippen LogP contribution < -0.4 is 5.32 Å². The Bertz CT molecular complexity index is 364. The Hall–Kier alpha value is -1.92. The monoisotopic (exact) mass is 240 g/mol. The number of H-pyrrole nitrogens is 1. The third-order valence-corrected chi connectivity index (χ3v) is 2.08. The predicted octanol–water partition coefficient (Wildman–Crippen LogP) is 0.325. The van der Waals surface area contributed by atoms with Gasteiger partial charge in [-0.2, -0.15) is 5.10 Å². The minimum Gasteiger partial charge on any atom is -0.466 e. The number of nitrogens with one attached hydrogen (secondary N) is 2. The van der Waals surface area contributed by atoms with Gasteiger partial charge in [0.1, 0.15) is 12.2 Å². The Morgan fingerprint density at radius 2 is 2.29 bits per heavy atom. The van der Waals surface area contributed by atoms with Gasteiger partial charge >= 0.3 is 5.97 Å². The third kappa shape index (κ3) is 4.62. The first-order valence-corrected chi connectivity index (χ1v) is 5.43. The number of carbonyl (C=O) groups is 2. The van der Waals surface area contributed by atoms with Crippen LogP contribution in [0.3, 0.4) is 0 Å². The fourth-order valence-corrected chi connectivity index (χ4v) is 1.25. The molecule has 0 spiro atoms. The highest BCUT2D eigenvalue weighted by Crippen LogP contribution is 2.04. The lowest BCUT2D eigenvalue weighted by molar-refractivity contribution is -0.144. The Labute approximate surface area is 99.0 Å². The molecule has 1 rings (SSSR count). The summed E-state index contributed by atoms with van der Waals surface area (Å²) in [7, 11) is 0. The van der Waals surface area contributed by atoms with Crippen molar-refractivity contribution in [1.82, 2.24) is 20.5 Å². The molecule has 1 atom stereocenters. The molecule has 0 aliphatic carbocycles.